The van der Waals surface area contributed by atoms with Crippen LogP contribution in [-0.2, 0) is 9.53 Å². The van der Waals surface area contributed by atoms with E-state index in [1.165, 1.54) is 0 Å². The van der Waals surface area contributed by atoms with E-state index >= 15 is 0 Å². The van der Waals surface area contributed by atoms with Crippen molar-refractivity contribution in [2.75, 3.05) is 20.3 Å². The van der Waals surface area contributed by atoms with Gasteiger partial charge in [-0.15, -0.1) is 0 Å². The van der Waals surface area contributed by atoms with Gasteiger partial charge in [-0.2, -0.15) is 0 Å². The highest BCUT2D eigenvalue weighted by Crippen LogP contribution is 2.46. The highest BCUT2D eigenvalue weighted by Gasteiger charge is 2.35. The fourth-order valence-electron chi connectivity index (χ4n) is 3.43. The number of rotatable bonds is 4. The Labute approximate surface area is 162 Å². The maximum atomic E-state index is 12.2. The summed E-state index contributed by atoms with van der Waals surface area (Å²) in [7, 11) is 1.69. The third kappa shape index (κ3) is 4.01. The van der Waals surface area contributed by atoms with Gasteiger partial charge in [-0.3, -0.25) is 4.79 Å². The van der Waals surface area contributed by atoms with Crippen molar-refractivity contribution in [1.82, 2.24) is 4.90 Å². The largest absolute Gasteiger partial charge is 0.496 e. The molecule has 5 heteroatoms. The predicted octanol–water partition coefficient (Wildman–Crippen LogP) is 5.11. The fourth-order valence-corrected chi connectivity index (χ4v) is 3.65. The summed E-state index contributed by atoms with van der Waals surface area (Å²) in [4.78, 5) is 14.0. The zero-order valence-electron chi connectivity index (χ0n) is 17.3. The molecule has 1 amide bonds. The molecule has 2 unspecified atom stereocenters. The standard InChI is InChI=1S/C21H32ClNO3/c1-12(2)23-10-17(26-11-18(23)24)19-13(3)16(22)9-15(20(19)25-8)14(4)21(5,6)7/h9,12,14,17H,10-11H2,1-8H3. The first-order chi connectivity index (χ1) is 12.0. The number of ether oxygens (including phenoxy) is 2. The SMILES string of the molecule is COc1c(C(C)C(C)(C)C)cc(Cl)c(C)c1C1CN(C(C)C)C(=O)CO1. The van der Waals surface area contributed by atoms with E-state index in [4.69, 9.17) is 21.1 Å². The lowest BCUT2D eigenvalue weighted by Gasteiger charge is -2.37. The number of halogens is 1. The van der Waals surface area contributed by atoms with Crippen molar-refractivity contribution < 1.29 is 14.3 Å². The summed E-state index contributed by atoms with van der Waals surface area (Å²) in [5, 5.41) is 0.712. The number of morpholine rings is 1. The van der Waals surface area contributed by atoms with Gasteiger partial charge in [0.2, 0.25) is 5.91 Å². The van der Waals surface area contributed by atoms with Gasteiger partial charge in [-0.25, -0.2) is 0 Å². The molecule has 1 aliphatic heterocycles. The van der Waals surface area contributed by atoms with E-state index in [2.05, 4.69) is 27.7 Å². The van der Waals surface area contributed by atoms with Crippen LogP contribution >= 0.6 is 11.6 Å². The molecule has 0 bridgehead atoms. The lowest BCUT2D eigenvalue weighted by atomic mass is 9.76. The molecule has 2 rings (SSSR count). The first-order valence-electron chi connectivity index (χ1n) is 9.27. The number of amides is 1. The molecule has 0 aromatic heterocycles. The average molecular weight is 382 g/mol. The number of nitrogens with zero attached hydrogens (tertiary/aromatic N) is 1. The van der Waals surface area contributed by atoms with Gasteiger partial charge < -0.3 is 14.4 Å². The number of methoxy groups -OCH3 is 1. The molecule has 1 heterocycles. The van der Waals surface area contributed by atoms with Crippen LogP contribution in [0.1, 0.15) is 70.3 Å². The van der Waals surface area contributed by atoms with E-state index in [1.807, 2.05) is 31.7 Å². The molecule has 2 atom stereocenters. The Morgan fingerprint density at radius 1 is 1.31 bits per heavy atom. The molecule has 0 saturated carbocycles. The summed E-state index contributed by atoms with van der Waals surface area (Å²) in [6, 6.07) is 2.15. The molecule has 146 valence electrons. The summed E-state index contributed by atoms with van der Waals surface area (Å²) in [6.07, 6.45) is -0.241. The Kier molecular flexibility index (Phi) is 6.29. The van der Waals surface area contributed by atoms with Crippen LogP contribution in [0.25, 0.3) is 0 Å². The van der Waals surface area contributed by atoms with Crippen molar-refractivity contribution in [2.24, 2.45) is 5.41 Å². The van der Waals surface area contributed by atoms with E-state index in [-0.39, 0.29) is 36.0 Å². The van der Waals surface area contributed by atoms with E-state index in [0.717, 1.165) is 22.4 Å². The summed E-state index contributed by atoms with van der Waals surface area (Å²) < 4.78 is 11.8. The van der Waals surface area contributed by atoms with Gasteiger partial charge in [-0.1, -0.05) is 39.3 Å². The third-order valence-corrected chi connectivity index (χ3v) is 5.95. The minimum absolute atomic E-state index is 0.0261. The van der Waals surface area contributed by atoms with Crippen molar-refractivity contribution in [1.29, 1.82) is 0 Å². The molecular formula is C21H32ClNO3. The second-order valence-corrected chi connectivity index (χ2v) is 8.95. The zero-order valence-corrected chi connectivity index (χ0v) is 18.0. The lowest BCUT2D eigenvalue weighted by molar-refractivity contribution is -0.151. The van der Waals surface area contributed by atoms with Gasteiger partial charge in [-0.05, 0) is 49.3 Å². The Morgan fingerprint density at radius 3 is 2.42 bits per heavy atom. The molecule has 26 heavy (non-hydrogen) atoms. The minimum atomic E-state index is -0.241. The van der Waals surface area contributed by atoms with Gasteiger partial charge in [0.05, 0.1) is 13.7 Å². The lowest BCUT2D eigenvalue weighted by Crippen LogP contribution is -2.46. The van der Waals surface area contributed by atoms with Crippen molar-refractivity contribution in [3.63, 3.8) is 0 Å². The summed E-state index contributed by atoms with van der Waals surface area (Å²) >= 11 is 6.60. The van der Waals surface area contributed by atoms with Crippen LogP contribution in [0.4, 0.5) is 0 Å². The highest BCUT2D eigenvalue weighted by molar-refractivity contribution is 6.31. The topological polar surface area (TPSA) is 38.8 Å². The average Bonchev–Trinajstić information content (AvgIpc) is 2.55. The van der Waals surface area contributed by atoms with E-state index in [0.29, 0.717) is 11.6 Å². The van der Waals surface area contributed by atoms with Crippen molar-refractivity contribution >= 4 is 17.5 Å². The summed E-state index contributed by atoms with van der Waals surface area (Å²) in [5.74, 6) is 1.11. The number of hydrogen-bond donors (Lipinski definition) is 0. The van der Waals surface area contributed by atoms with Crippen LogP contribution in [0.3, 0.4) is 0 Å². The smallest absolute Gasteiger partial charge is 0.248 e. The van der Waals surface area contributed by atoms with Crippen LogP contribution in [0.15, 0.2) is 6.07 Å². The van der Waals surface area contributed by atoms with Crippen LogP contribution < -0.4 is 4.74 Å². The van der Waals surface area contributed by atoms with Gasteiger partial charge in [0.1, 0.15) is 18.5 Å². The number of hydrogen-bond acceptors (Lipinski definition) is 3. The van der Waals surface area contributed by atoms with Crippen molar-refractivity contribution in [3.8, 4) is 5.75 Å². The fraction of sp³-hybridized carbons (Fsp3) is 0.667. The Morgan fingerprint density at radius 2 is 1.92 bits per heavy atom. The minimum Gasteiger partial charge on any atom is -0.496 e. The van der Waals surface area contributed by atoms with Crippen LogP contribution in [0.2, 0.25) is 5.02 Å². The van der Waals surface area contributed by atoms with Crippen LogP contribution in [0, 0.1) is 12.3 Å². The normalized spacial score (nSPS) is 19.8. The molecule has 0 N–H and O–H groups in total. The summed E-state index contributed by atoms with van der Waals surface area (Å²) in [6.45, 7) is 15.5. The maximum absolute atomic E-state index is 12.2. The number of benzene rings is 1. The third-order valence-electron chi connectivity index (χ3n) is 5.56. The molecule has 1 saturated heterocycles. The maximum Gasteiger partial charge on any atom is 0.248 e. The molecular weight excluding hydrogens is 350 g/mol. The highest BCUT2D eigenvalue weighted by atomic mass is 35.5. The molecule has 1 aromatic carbocycles. The Balaban J connectivity index is 2.57. The second kappa shape index (κ2) is 7.77. The molecule has 1 aromatic rings. The van der Waals surface area contributed by atoms with Crippen molar-refractivity contribution in [3.05, 3.63) is 27.8 Å². The number of carbonyl (C=O) groups is 1. The van der Waals surface area contributed by atoms with Gasteiger partial charge in [0.25, 0.3) is 0 Å². The zero-order chi connectivity index (χ0) is 19.8. The van der Waals surface area contributed by atoms with Crippen LogP contribution in [-0.4, -0.2) is 37.1 Å². The molecule has 4 nitrogen and oxygen atoms in total. The second-order valence-electron chi connectivity index (χ2n) is 8.55. The molecule has 0 aliphatic carbocycles. The van der Waals surface area contributed by atoms with Crippen molar-refractivity contribution in [2.45, 2.75) is 66.5 Å². The van der Waals surface area contributed by atoms with E-state index in [9.17, 15) is 4.79 Å². The summed E-state index contributed by atoms with van der Waals surface area (Å²) in [5.41, 5.74) is 3.07. The molecule has 1 fully saturated rings. The monoisotopic (exact) mass is 381 g/mol. The van der Waals surface area contributed by atoms with Crippen LogP contribution in [0.5, 0.6) is 5.75 Å². The molecule has 1 aliphatic rings. The molecule has 0 spiro atoms. The van der Waals surface area contributed by atoms with E-state index < -0.39 is 0 Å². The first kappa shape index (κ1) is 21.0. The Bertz CT molecular complexity index is 679. The predicted molar refractivity (Wildman–Crippen MR) is 106 cm³/mol. The first-order valence-corrected chi connectivity index (χ1v) is 9.64. The van der Waals surface area contributed by atoms with Gasteiger partial charge >= 0.3 is 0 Å². The quantitative estimate of drug-likeness (QED) is 0.726. The van der Waals surface area contributed by atoms with E-state index in [1.54, 1.807) is 7.11 Å². The number of carbonyl (C=O) groups excluding carboxylic acids is 1. The van der Waals surface area contributed by atoms with Gasteiger partial charge in [0.15, 0.2) is 0 Å². The van der Waals surface area contributed by atoms with Gasteiger partial charge in [0, 0.05) is 16.6 Å². The Hall–Kier alpha value is -1.26. The molecule has 0 radical (unpaired) electrons.